The van der Waals surface area contributed by atoms with Gasteiger partial charge in [0.2, 0.25) is 0 Å². The molecule has 1 saturated heterocycles. The van der Waals surface area contributed by atoms with Crippen molar-refractivity contribution < 1.29 is 5.11 Å². The summed E-state index contributed by atoms with van der Waals surface area (Å²) < 4.78 is 0. The van der Waals surface area contributed by atoms with E-state index in [0.29, 0.717) is 6.04 Å². The lowest BCUT2D eigenvalue weighted by atomic mass is 10.0. The third-order valence-electron chi connectivity index (χ3n) is 4.05. The fourth-order valence-electron chi connectivity index (χ4n) is 2.70. The molecule has 0 bridgehead atoms. The molecule has 106 valence electrons. The third kappa shape index (κ3) is 3.22. The summed E-state index contributed by atoms with van der Waals surface area (Å²) >= 11 is 6.43. The molecule has 0 spiro atoms. The zero-order valence-corrected chi connectivity index (χ0v) is 12.5. The van der Waals surface area contributed by atoms with Gasteiger partial charge < -0.3 is 15.3 Å². The number of hydrogen-bond acceptors (Lipinski definition) is 3. The predicted molar refractivity (Wildman–Crippen MR) is 81.0 cm³/mol. The molecule has 1 aliphatic rings. The lowest BCUT2D eigenvalue weighted by Crippen LogP contribution is -2.42. The van der Waals surface area contributed by atoms with Gasteiger partial charge in [-0.3, -0.25) is 0 Å². The van der Waals surface area contributed by atoms with E-state index >= 15 is 0 Å². The number of aliphatic hydroxyl groups is 1. The zero-order valence-electron chi connectivity index (χ0n) is 11.7. The number of nitrogens with zero attached hydrogens (tertiary/aromatic N) is 1. The molecule has 1 heterocycles. The van der Waals surface area contributed by atoms with Crippen molar-refractivity contribution in [2.24, 2.45) is 0 Å². The van der Waals surface area contributed by atoms with Crippen LogP contribution in [-0.4, -0.2) is 31.3 Å². The first kappa shape index (κ1) is 14.6. The van der Waals surface area contributed by atoms with Gasteiger partial charge in [0.1, 0.15) is 0 Å². The van der Waals surface area contributed by atoms with E-state index in [0.717, 1.165) is 23.7 Å². The second-order valence-electron chi connectivity index (χ2n) is 5.25. The van der Waals surface area contributed by atoms with Crippen LogP contribution in [0.1, 0.15) is 37.8 Å². The van der Waals surface area contributed by atoms with Crippen LogP contribution in [0, 0.1) is 0 Å². The lowest BCUT2D eigenvalue weighted by molar-refractivity contribution is 0.240. The van der Waals surface area contributed by atoms with Crippen LogP contribution in [0.25, 0.3) is 0 Å². The summed E-state index contributed by atoms with van der Waals surface area (Å²) in [5.41, 5.74) is 2.24. The van der Waals surface area contributed by atoms with Crippen LogP contribution < -0.4 is 10.2 Å². The van der Waals surface area contributed by atoms with E-state index in [1.54, 1.807) is 0 Å². The van der Waals surface area contributed by atoms with Gasteiger partial charge in [-0.05, 0) is 50.9 Å². The summed E-state index contributed by atoms with van der Waals surface area (Å²) in [6.07, 6.45) is 3.40. The molecule has 3 nitrogen and oxygen atoms in total. The minimum absolute atomic E-state index is 0.199. The Balaban J connectivity index is 2.24. The van der Waals surface area contributed by atoms with Crippen molar-refractivity contribution in [3.63, 3.8) is 0 Å². The van der Waals surface area contributed by atoms with Crippen LogP contribution in [0.5, 0.6) is 0 Å². The molecule has 1 aliphatic heterocycles. The van der Waals surface area contributed by atoms with Crippen LogP contribution in [0.4, 0.5) is 5.69 Å². The molecular weight excluding hydrogens is 260 g/mol. The number of rotatable bonds is 4. The van der Waals surface area contributed by atoms with E-state index in [-0.39, 0.29) is 12.6 Å². The Morgan fingerprint density at radius 1 is 1.47 bits per heavy atom. The van der Waals surface area contributed by atoms with Crippen LogP contribution in [0.15, 0.2) is 18.2 Å². The summed E-state index contributed by atoms with van der Waals surface area (Å²) in [4.78, 5) is 2.25. The van der Waals surface area contributed by atoms with Crippen molar-refractivity contribution in [3.05, 3.63) is 28.8 Å². The minimum Gasteiger partial charge on any atom is -0.394 e. The molecule has 2 N–H and O–H groups in total. The monoisotopic (exact) mass is 282 g/mol. The SMILES string of the molecule is CNC(C)c1ccc(N2CCCCC2CO)c(Cl)c1. The fourth-order valence-corrected chi connectivity index (χ4v) is 3.00. The maximum Gasteiger partial charge on any atom is 0.0643 e. The Labute approximate surface area is 120 Å². The first-order valence-corrected chi connectivity index (χ1v) is 7.39. The molecule has 0 amide bonds. The fraction of sp³-hybridized carbons (Fsp3) is 0.600. The highest BCUT2D eigenvalue weighted by Gasteiger charge is 2.23. The van der Waals surface area contributed by atoms with Crippen LogP contribution in [0.2, 0.25) is 5.02 Å². The maximum absolute atomic E-state index is 9.50. The predicted octanol–water partition coefficient (Wildman–Crippen LogP) is 2.97. The van der Waals surface area contributed by atoms with E-state index in [4.69, 9.17) is 11.6 Å². The van der Waals surface area contributed by atoms with Crippen molar-refractivity contribution in [2.45, 2.75) is 38.3 Å². The number of halogens is 1. The Morgan fingerprint density at radius 3 is 2.89 bits per heavy atom. The van der Waals surface area contributed by atoms with Crippen molar-refractivity contribution >= 4 is 17.3 Å². The van der Waals surface area contributed by atoms with E-state index in [1.807, 2.05) is 13.1 Å². The second-order valence-corrected chi connectivity index (χ2v) is 5.65. The van der Waals surface area contributed by atoms with Crippen molar-refractivity contribution in [3.8, 4) is 0 Å². The molecule has 4 heteroatoms. The summed E-state index contributed by atoms with van der Waals surface area (Å²) in [5.74, 6) is 0. The first-order chi connectivity index (χ1) is 9.17. The van der Waals surface area contributed by atoms with E-state index in [2.05, 4.69) is 29.3 Å². The van der Waals surface area contributed by atoms with Gasteiger partial charge in [-0.25, -0.2) is 0 Å². The molecule has 1 fully saturated rings. The number of hydrogen-bond donors (Lipinski definition) is 2. The summed E-state index contributed by atoms with van der Waals surface area (Å²) in [6.45, 7) is 3.29. The average Bonchev–Trinajstić information content (AvgIpc) is 2.46. The zero-order chi connectivity index (χ0) is 13.8. The number of aliphatic hydroxyl groups excluding tert-OH is 1. The van der Waals surface area contributed by atoms with Crippen molar-refractivity contribution in [1.29, 1.82) is 0 Å². The Hall–Kier alpha value is -0.770. The van der Waals surface area contributed by atoms with Gasteiger partial charge in [0.25, 0.3) is 0 Å². The molecule has 0 aromatic heterocycles. The molecule has 1 aromatic carbocycles. The summed E-state index contributed by atoms with van der Waals surface area (Å²) in [5, 5.41) is 13.5. The Morgan fingerprint density at radius 2 is 2.26 bits per heavy atom. The van der Waals surface area contributed by atoms with Gasteiger partial charge in [0.15, 0.2) is 0 Å². The second kappa shape index (κ2) is 6.60. The van der Waals surface area contributed by atoms with Crippen LogP contribution in [0.3, 0.4) is 0 Å². The van der Waals surface area contributed by atoms with E-state index in [9.17, 15) is 5.11 Å². The third-order valence-corrected chi connectivity index (χ3v) is 4.35. The van der Waals surface area contributed by atoms with Gasteiger partial charge in [-0.2, -0.15) is 0 Å². The molecule has 0 saturated carbocycles. The lowest BCUT2D eigenvalue weighted by Gasteiger charge is -2.37. The van der Waals surface area contributed by atoms with Gasteiger partial charge >= 0.3 is 0 Å². The number of anilines is 1. The summed E-state index contributed by atoms with van der Waals surface area (Å²) in [7, 11) is 1.94. The molecular formula is C15H23ClN2O. The molecule has 19 heavy (non-hydrogen) atoms. The standard InChI is InChI=1S/C15H23ClN2O/c1-11(17-2)12-6-7-15(14(16)9-12)18-8-4-3-5-13(18)10-19/h6-7,9,11,13,17,19H,3-5,8,10H2,1-2H3. The van der Waals surface area contributed by atoms with Gasteiger partial charge in [0, 0.05) is 12.6 Å². The van der Waals surface area contributed by atoms with Gasteiger partial charge in [0.05, 0.1) is 23.4 Å². The molecule has 2 unspecified atom stereocenters. The topological polar surface area (TPSA) is 35.5 Å². The van der Waals surface area contributed by atoms with Crippen molar-refractivity contribution in [1.82, 2.24) is 5.32 Å². The molecule has 2 atom stereocenters. The van der Waals surface area contributed by atoms with Crippen LogP contribution in [-0.2, 0) is 0 Å². The van der Waals surface area contributed by atoms with Gasteiger partial charge in [-0.15, -0.1) is 0 Å². The Bertz CT molecular complexity index is 425. The van der Waals surface area contributed by atoms with E-state index in [1.165, 1.54) is 18.4 Å². The highest BCUT2D eigenvalue weighted by molar-refractivity contribution is 6.33. The van der Waals surface area contributed by atoms with Gasteiger partial charge in [-0.1, -0.05) is 17.7 Å². The average molecular weight is 283 g/mol. The highest BCUT2D eigenvalue weighted by atomic mass is 35.5. The maximum atomic E-state index is 9.50. The van der Waals surface area contributed by atoms with Crippen molar-refractivity contribution in [2.75, 3.05) is 25.1 Å². The molecule has 0 radical (unpaired) electrons. The number of piperidine rings is 1. The first-order valence-electron chi connectivity index (χ1n) is 7.01. The smallest absolute Gasteiger partial charge is 0.0643 e. The highest BCUT2D eigenvalue weighted by Crippen LogP contribution is 2.33. The molecule has 0 aliphatic carbocycles. The number of benzene rings is 1. The van der Waals surface area contributed by atoms with Crippen LogP contribution >= 0.6 is 11.6 Å². The Kier molecular flexibility index (Phi) is 5.08. The minimum atomic E-state index is 0.199. The molecule has 1 aromatic rings. The van der Waals surface area contributed by atoms with E-state index < -0.39 is 0 Å². The number of nitrogens with one attached hydrogen (secondary N) is 1. The summed E-state index contributed by atoms with van der Waals surface area (Å²) in [6, 6.07) is 6.73. The largest absolute Gasteiger partial charge is 0.394 e. The normalized spacial score (nSPS) is 21.5. The molecule has 2 rings (SSSR count). The quantitative estimate of drug-likeness (QED) is 0.891.